The second kappa shape index (κ2) is 4.81. The molecule has 1 N–H and O–H groups in total. The van der Waals surface area contributed by atoms with E-state index in [-0.39, 0.29) is 0 Å². The Morgan fingerprint density at radius 1 is 1.17 bits per heavy atom. The molecule has 2 heterocycles. The largest absolute Gasteiger partial charge is 0.490 e. The molecule has 0 amide bonds. The number of nitrogens with one attached hydrogen (secondary N) is 1. The zero-order valence-corrected chi connectivity index (χ0v) is 10.8. The van der Waals surface area contributed by atoms with Gasteiger partial charge in [0.25, 0.3) is 0 Å². The Morgan fingerprint density at radius 2 is 2.00 bits per heavy atom. The van der Waals surface area contributed by atoms with Crippen molar-refractivity contribution in [2.24, 2.45) is 0 Å². The lowest BCUT2D eigenvalue weighted by atomic mass is 10.1. The number of aromatic nitrogens is 2. The van der Waals surface area contributed by atoms with Crippen LogP contribution in [0.25, 0.3) is 11.3 Å². The molecule has 1 aliphatic heterocycles. The van der Waals surface area contributed by atoms with E-state index < -0.39 is 0 Å². The zero-order chi connectivity index (χ0) is 12.4. The van der Waals surface area contributed by atoms with Crippen LogP contribution in [-0.4, -0.2) is 29.0 Å². The van der Waals surface area contributed by atoms with Crippen LogP contribution in [0.1, 0.15) is 6.42 Å². The van der Waals surface area contributed by atoms with Gasteiger partial charge in [-0.1, -0.05) is 0 Å². The Labute approximate surface area is 109 Å². The van der Waals surface area contributed by atoms with E-state index >= 15 is 0 Å². The lowest BCUT2D eigenvalue weighted by molar-refractivity contribution is 0.297. The number of nitrogens with zero attached hydrogens (tertiary/aromatic N) is 2. The molecule has 0 bridgehead atoms. The summed E-state index contributed by atoms with van der Waals surface area (Å²) in [7, 11) is 1.84. The van der Waals surface area contributed by atoms with Crippen LogP contribution in [0.2, 0.25) is 0 Å². The first-order valence-corrected chi connectivity index (χ1v) is 6.52. The number of hydrogen-bond donors (Lipinski definition) is 1. The molecule has 0 atom stereocenters. The van der Waals surface area contributed by atoms with Gasteiger partial charge in [-0.25, -0.2) is 0 Å². The van der Waals surface area contributed by atoms with Crippen molar-refractivity contribution < 1.29 is 9.47 Å². The third kappa shape index (κ3) is 1.99. The molecule has 6 heteroatoms. The van der Waals surface area contributed by atoms with Crippen LogP contribution in [0, 0.1) is 0 Å². The second-order valence-electron chi connectivity index (χ2n) is 3.92. The molecule has 18 heavy (non-hydrogen) atoms. The predicted molar refractivity (Wildman–Crippen MR) is 70.5 cm³/mol. The highest BCUT2D eigenvalue weighted by Gasteiger charge is 2.14. The van der Waals surface area contributed by atoms with Gasteiger partial charge in [0.1, 0.15) is 5.69 Å². The lowest BCUT2D eigenvalue weighted by Gasteiger charge is -2.08. The molecule has 0 fully saturated rings. The monoisotopic (exact) mass is 263 g/mol. The van der Waals surface area contributed by atoms with Gasteiger partial charge < -0.3 is 14.8 Å². The van der Waals surface area contributed by atoms with Gasteiger partial charge in [-0.15, -0.1) is 0 Å². The Bertz CT molecular complexity index is 556. The average Bonchev–Trinajstić information content (AvgIpc) is 2.76. The molecule has 2 aromatic rings. The Morgan fingerprint density at radius 3 is 2.83 bits per heavy atom. The molecule has 0 saturated heterocycles. The van der Waals surface area contributed by atoms with Crippen molar-refractivity contribution >= 4 is 17.5 Å². The number of ether oxygens (including phenoxy) is 2. The highest BCUT2D eigenvalue weighted by atomic mass is 32.1. The van der Waals surface area contributed by atoms with Gasteiger partial charge in [0.05, 0.1) is 24.9 Å². The van der Waals surface area contributed by atoms with Gasteiger partial charge in [-0.2, -0.15) is 8.75 Å². The van der Waals surface area contributed by atoms with Crippen LogP contribution in [0.4, 0.5) is 5.82 Å². The van der Waals surface area contributed by atoms with E-state index in [1.54, 1.807) is 0 Å². The molecule has 3 rings (SSSR count). The molecular weight excluding hydrogens is 250 g/mol. The molecule has 0 spiro atoms. The minimum atomic E-state index is 0.685. The summed E-state index contributed by atoms with van der Waals surface area (Å²) in [6.45, 7) is 1.39. The highest BCUT2D eigenvalue weighted by Crippen LogP contribution is 2.35. The van der Waals surface area contributed by atoms with Gasteiger partial charge in [0.15, 0.2) is 17.3 Å². The topological polar surface area (TPSA) is 56.3 Å². The molecule has 0 unspecified atom stereocenters. The van der Waals surface area contributed by atoms with Gasteiger partial charge in [-0.05, 0) is 18.2 Å². The van der Waals surface area contributed by atoms with Crippen LogP contribution in [0.5, 0.6) is 11.5 Å². The van der Waals surface area contributed by atoms with Crippen molar-refractivity contribution in [3.05, 3.63) is 18.2 Å². The van der Waals surface area contributed by atoms with Crippen molar-refractivity contribution in [2.45, 2.75) is 6.42 Å². The quantitative estimate of drug-likeness (QED) is 0.901. The molecular formula is C12H13N3O2S. The van der Waals surface area contributed by atoms with Crippen molar-refractivity contribution in [1.82, 2.24) is 8.75 Å². The van der Waals surface area contributed by atoms with Crippen LogP contribution in [0.3, 0.4) is 0 Å². The first kappa shape index (κ1) is 11.3. The number of rotatable bonds is 2. The fraction of sp³-hybridized carbons (Fsp3) is 0.333. The maximum atomic E-state index is 5.67. The van der Waals surface area contributed by atoms with E-state index in [9.17, 15) is 0 Å². The third-order valence-electron chi connectivity index (χ3n) is 2.75. The maximum absolute atomic E-state index is 5.67. The van der Waals surface area contributed by atoms with E-state index in [1.165, 1.54) is 11.7 Å². The lowest BCUT2D eigenvalue weighted by Crippen LogP contribution is -1.97. The normalized spacial score (nSPS) is 14.1. The van der Waals surface area contributed by atoms with Gasteiger partial charge in [-0.3, -0.25) is 0 Å². The van der Waals surface area contributed by atoms with E-state index in [0.29, 0.717) is 13.2 Å². The summed E-state index contributed by atoms with van der Waals surface area (Å²) < 4.78 is 19.8. The fourth-order valence-corrected chi connectivity index (χ4v) is 2.43. The van der Waals surface area contributed by atoms with E-state index in [1.807, 2.05) is 25.2 Å². The molecule has 5 nitrogen and oxygen atoms in total. The van der Waals surface area contributed by atoms with Crippen molar-refractivity contribution in [3.63, 3.8) is 0 Å². The SMILES string of the molecule is CNc1nsnc1-c1ccc2c(c1)OCCCO2. The minimum Gasteiger partial charge on any atom is -0.490 e. The summed E-state index contributed by atoms with van der Waals surface area (Å²) >= 11 is 1.19. The average molecular weight is 263 g/mol. The van der Waals surface area contributed by atoms with Crippen LogP contribution in [0.15, 0.2) is 18.2 Å². The van der Waals surface area contributed by atoms with Gasteiger partial charge in [0, 0.05) is 19.0 Å². The summed E-state index contributed by atoms with van der Waals surface area (Å²) in [6.07, 6.45) is 0.907. The van der Waals surface area contributed by atoms with Crippen LogP contribution < -0.4 is 14.8 Å². The second-order valence-corrected chi connectivity index (χ2v) is 4.45. The van der Waals surface area contributed by atoms with Crippen molar-refractivity contribution in [2.75, 3.05) is 25.6 Å². The molecule has 94 valence electrons. The van der Waals surface area contributed by atoms with E-state index in [4.69, 9.17) is 9.47 Å². The summed E-state index contributed by atoms with van der Waals surface area (Å²) in [5.41, 5.74) is 1.83. The zero-order valence-electron chi connectivity index (χ0n) is 9.97. The first-order chi connectivity index (χ1) is 8.88. The number of benzene rings is 1. The van der Waals surface area contributed by atoms with Crippen molar-refractivity contribution in [1.29, 1.82) is 0 Å². The van der Waals surface area contributed by atoms with Gasteiger partial charge in [0.2, 0.25) is 0 Å². The molecule has 1 aromatic heterocycles. The highest BCUT2D eigenvalue weighted by molar-refractivity contribution is 6.99. The summed E-state index contributed by atoms with van der Waals surface area (Å²) in [6, 6.07) is 5.86. The molecule has 0 saturated carbocycles. The van der Waals surface area contributed by atoms with Crippen LogP contribution >= 0.6 is 11.7 Å². The maximum Gasteiger partial charge on any atom is 0.167 e. The summed E-state index contributed by atoms with van der Waals surface area (Å²) in [5, 5.41) is 3.03. The Kier molecular flexibility index (Phi) is 3.02. The summed E-state index contributed by atoms with van der Waals surface area (Å²) in [5.74, 6) is 2.36. The number of fused-ring (bicyclic) bond motifs is 1. The fourth-order valence-electron chi connectivity index (χ4n) is 1.85. The van der Waals surface area contributed by atoms with Crippen molar-refractivity contribution in [3.8, 4) is 22.8 Å². The molecule has 0 aliphatic carbocycles. The minimum absolute atomic E-state index is 0.685. The molecule has 1 aromatic carbocycles. The van der Waals surface area contributed by atoms with Crippen LogP contribution in [-0.2, 0) is 0 Å². The molecule has 1 aliphatic rings. The standard InChI is InChI=1S/C12H13N3O2S/c1-13-12-11(14-18-15-12)8-3-4-9-10(7-8)17-6-2-5-16-9/h3-4,7H,2,5-6H2,1H3,(H,13,15). The third-order valence-corrected chi connectivity index (χ3v) is 3.27. The van der Waals surface area contributed by atoms with E-state index in [0.717, 1.165) is 35.0 Å². The summed E-state index contributed by atoms with van der Waals surface area (Å²) in [4.78, 5) is 0. The number of hydrogen-bond acceptors (Lipinski definition) is 6. The van der Waals surface area contributed by atoms with Gasteiger partial charge >= 0.3 is 0 Å². The molecule has 0 radical (unpaired) electrons. The Hall–Kier alpha value is -1.82. The number of anilines is 1. The Balaban J connectivity index is 2.01. The predicted octanol–water partition coefficient (Wildman–Crippen LogP) is 2.41. The first-order valence-electron chi connectivity index (χ1n) is 5.79. The smallest absolute Gasteiger partial charge is 0.167 e. The van der Waals surface area contributed by atoms with E-state index in [2.05, 4.69) is 14.1 Å².